The zero-order valence-electron chi connectivity index (χ0n) is 12.7. The van der Waals surface area contributed by atoms with Gasteiger partial charge in [0.1, 0.15) is 30.3 Å². The fourth-order valence-corrected chi connectivity index (χ4v) is 3.61. The van der Waals surface area contributed by atoms with Crippen molar-refractivity contribution in [2.45, 2.75) is 24.9 Å². The van der Waals surface area contributed by atoms with E-state index in [1.54, 1.807) is 0 Å². The highest BCUT2D eigenvalue weighted by molar-refractivity contribution is 7.46. The standard InChI is InChI=1S/C10H13ClN4O9P2/c11-9-8-10(13-3-12-9)15(4-14-8)7-1-5(24-26(19,20)21)6(23-7)2-22-25(16,17)18/h3-7H,1-2H2,(H2,16,17,18)(H2,19,20,21)/t5-,6+,7+/m0/s1. The average molecular weight is 431 g/mol. The minimum Gasteiger partial charge on any atom is -0.349 e. The quantitative estimate of drug-likeness (QED) is 0.364. The van der Waals surface area contributed by atoms with Crippen LogP contribution in [0.1, 0.15) is 12.6 Å². The molecule has 0 amide bonds. The topological polar surface area (TPSA) is 186 Å². The normalized spacial score (nSPS) is 24.4. The number of ether oxygens (including phenoxy) is 1. The second-order valence-corrected chi connectivity index (χ2v) is 8.06. The number of hydrogen-bond donors (Lipinski definition) is 4. The molecule has 1 aliphatic rings. The lowest BCUT2D eigenvalue weighted by Crippen LogP contribution is -2.28. The summed E-state index contributed by atoms with van der Waals surface area (Å²) in [4.78, 5) is 47.5. The molecule has 2 aromatic heterocycles. The Morgan fingerprint density at radius 3 is 2.62 bits per heavy atom. The molecule has 2 aromatic rings. The number of phosphoric ester groups is 2. The van der Waals surface area contributed by atoms with E-state index in [1.807, 2.05) is 0 Å². The fraction of sp³-hybridized carbons (Fsp3) is 0.500. The van der Waals surface area contributed by atoms with Crippen molar-refractivity contribution in [1.29, 1.82) is 0 Å². The van der Waals surface area contributed by atoms with Crippen molar-refractivity contribution in [1.82, 2.24) is 19.5 Å². The van der Waals surface area contributed by atoms with Gasteiger partial charge >= 0.3 is 15.6 Å². The van der Waals surface area contributed by atoms with Gasteiger partial charge in [-0.05, 0) is 0 Å². The maximum absolute atomic E-state index is 11.1. The van der Waals surface area contributed by atoms with Crippen LogP contribution < -0.4 is 0 Å². The van der Waals surface area contributed by atoms with Gasteiger partial charge in [-0.15, -0.1) is 0 Å². The lowest BCUT2D eigenvalue weighted by atomic mass is 10.2. The number of fused-ring (bicyclic) bond motifs is 1. The van der Waals surface area contributed by atoms with Crippen molar-refractivity contribution < 1.29 is 42.5 Å². The van der Waals surface area contributed by atoms with Crippen molar-refractivity contribution in [3.05, 3.63) is 17.8 Å². The summed E-state index contributed by atoms with van der Waals surface area (Å²) < 4.78 is 38.1. The molecule has 1 fully saturated rings. The molecule has 3 heterocycles. The monoisotopic (exact) mass is 430 g/mol. The van der Waals surface area contributed by atoms with Gasteiger partial charge in [0.15, 0.2) is 10.8 Å². The van der Waals surface area contributed by atoms with Crippen molar-refractivity contribution in [2.75, 3.05) is 6.61 Å². The maximum Gasteiger partial charge on any atom is 0.469 e. The predicted molar refractivity (Wildman–Crippen MR) is 83.8 cm³/mol. The third kappa shape index (κ3) is 4.65. The van der Waals surface area contributed by atoms with Crippen LogP contribution >= 0.6 is 27.2 Å². The third-order valence-electron chi connectivity index (χ3n) is 3.48. The van der Waals surface area contributed by atoms with Gasteiger partial charge in [0, 0.05) is 6.42 Å². The number of halogens is 1. The van der Waals surface area contributed by atoms with E-state index >= 15 is 0 Å². The van der Waals surface area contributed by atoms with E-state index in [9.17, 15) is 9.13 Å². The van der Waals surface area contributed by atoms with Crippen LogP contribution in [0.15, 0.2) is 12.7 Å². The Kier molecular flexibility index (Phi) is 5.48. The Bertz CT molecular complexity index is 898. The summed E-state index contributed by atoms with van der Waals surface area (Å²) >= 11 is 5.92. The van der Waals surface area contributed by atoms with E-state index in [0.29, 0.717) is 11.2 Å². The van der Waals surface area contributed by atoms with Gasteiger partial charge in [-0.1, -0.05) is 11.6 Å². The van der Waals surface area contributed by atoms with E-state index in [4.69, 9.17) is 35.9 Å². The van der Waals surface area contributed by atoms with Gasteiger partial charge in [-0.3, -0.25) is 13.6 Å². The van der Waals surface area contributed by atoms with Crippen LogP contribution in [0, 0.1) is 0 Å². The fourth-order valence-electron chi connectivity index (χ4n) is 2.51. The van der Waals surface area contributed by atoms with Gasteiger partial charge in [0.05, 0.1) is 12.9 Å². The summed E-state index contributed by atoms with van der Waals surface area (Å²) in [5.41, 5.74) is 0.599. The van der Waals surface area contributed by atoms with Gasteiger partial charge in [0.2, 0.25) is 0 Å². The Hall–Kier alpha value is -0.980. The summed E-state index contributed by atoms with van der Waals surface area (Å²) in [7, 11) is -9.69. The summed E-state index contributed by atoms with van der Waals surface area (Å²) in [5.74, 6) is 0. The Balaban J connectivity index is 1.85. The first-order chi connectivity index (χ1) is 12.0. The lowest BCUT2D eigenvalue weighted by molar-refractivity contribution is -0.0417. The number of aromatic nitrogens is 4. The number of rotatable bonds is 6. The molecule has 13 nitrogen and oxygen atoms in total. The second-order valence-electron chi connectivity index (χ2n) is 5.27. The Labute approximate surface area is 150 Å². The van der Waals surface area contributed by atoms with Crippen LogP contribution in [0.25, 0.3) is 11.2 Å². The molecule has 1 aliphatic heterocycles. The highest BCUT2D eigenvalue weighted by atomic mass is 35.5. The molecule has 3 atom stereocenters. The summed E-state index contributed by atoms with van der Waals surface area (Å²) in [6.07, 6.45) is -0.704. The van der Waals surface area contributed by atoms with Crippen molar-refractivity contribution in [3.63, 3.8) is 0 Å². The van der Waals surface area contributed by atoms with E-state index in [0.717, 1.165) is 0 Å². The van der Waals surface area contributed by atoms with Crippen LogP contribution in [0.4, 0.5) is 0 Å². The minimum atomic E-state index is -4.88. The third-order valence-corrected chi connectivity index (χ3v) is 4.79. The van der Waals surface area contributed by atoms with E-state index in [1.165, 1.54) is 17.2 Å². The first-order valence-corrected chi connectivity index (χ1v) is 10.4. The van der Waals surface area contributed by atoms with Crippen LogP contribution in [0.2, 0.25) is 5.15 Å². The van der Waals surface area contributed by atoms with Crippen LogP contribution in [0.3, 0.4) is 0 Å². The molecular formula is C10H13ClN4O9P2. The smallest absolute Gasteiger partial charge is 0.349 e. The average Bonchev–Trinajstić information content (AvgIpc) is 3.07. The van der Waals surface area contributed by atoms with Crippen molar-refractivity contribution in [3.8, 4) is 0 Å². The minimum absolute atomic E-state index is 0.0621. The summed E-state index contributed by atoms with van der Waals surface area (Å²) in [6, 6.07) is 0. The SMILES string of the molecule is O=P(O)(O)OC[C@H]1O[C@@H](n2cnc3c(Cl)ncnc32)C[C@@H]1OP(=O)(O)O. The maximum atomic E-state index is 11.1. The molecule has 0 aliphatic carbocycles. The summed E-state index contributed by atoms with van der Waals surface area (Å²) in [5, 5.41) is 0.108. The molecule has 16 heteroatoms. The largest absolute Gasteiger partial charge is 0.469 e. The van der Waals surface area contributed by atoms with Gasteiger partial charge < -0.3 is 24.3 Å². The van der Waals surface area contributed by atoms with E-state index in [-0.39, 0.29) is 11.6 Å². The molecule has 0 radical (unpaired) electrons. The zero-order chi connectivity index (χ0) is 19.1. The summed E-state index contributed by atoms with van der Waals surface area (Å²) in [6.45, 7) is -0.645. The molecule has 0 saturated carbocycles. The molecular weight excluding hydrogens is 418 g/mol. The first kappa shape index (κ1) is 19.8. The molecule has 1 saturated heterocycles. The van der Waals surface area contributed by atoms with E-state index in [2.05, 4.69) is 24.0 Å². The van der Waals surface area contributed by atoms with Gasteiger partial charge in [0.25, 0.3) is 0 Å². The number of hydrogen-bond acceptors (Lipinski definition) is 8. The Morgan fingerprint density at radius 1 is 1.23 bits per heavy atom. The first-order valence-electron chi connectivity index (χ1n) is 6.96. The van der Waals surface area contributed by atoms with Crippen molar-refractivity contribution >= 4 is 38.4 Å². The van der Waals surface area contributed by atoms with Crippen molar-refractivity contribution in [2.24, 2.45) is 0 Å². The molecule has 144 valence electrons. The number of imidazole rings is 1. The van der Waals surface area contributed by atoms with E-state index < -0.39 is 40.7 Å². The van der Waals surface area contributed by atoms with Crippen LogP contribution in [0.5, 0.6) is 0 Å². The molecule has 0 unspecified atom stereocenters. The highest BCUT2D eigenvalue weighted by Gasteiger charge is 2.42. The molecule has 3 rings (SSSR count). The molecule has 4 N–H and O–H groups in total. The molecule has 0 aromatic carbocycles. The predicted octanol–water partition coefficient (Wildman–Crippen LogP) is 0.354. The van der Waals surface area contributed by atoms with Crippen LogP contribution in [-0.2, 0) is 22.9 Å². The molecule has 0 spiro atoms. The number of phosphoric acid groups is 2. The van der Waals surface area contributed by atoms with Gasteiger partial charge in [-0.2, -0.15) is 0 Å². The lowest BCUT2D eigenvalue weighted by Gasteiger charge is -2.19. The highest BCUT2D eigenvalue weighted by Crippen LogP contribution is 2.45. The van der Waals surface area contributed by atoms with Gasteiger partial charge in [-0.25, -0.2) is 24.1 Å². The molecule has 26 heavy (non-hydrogen) atoms. The Morgan fingerprint density at radius 2 is 1.96 bits per heavy atom. The van der Waals surface area contributed by atoms with Crippen LogP contribution in [-0.4, -0.2) is 57.9 Å². The molecule has 0 bridgehead atoms. The second kappa shape index (κ2) is 7.21. The zero-order valence-corrected chi connectivity index (χ0v) is 15.2. The number of nitrogens with zero attached hydrogens (tertiary/aromatic N) is 4.